The van der Waals surface area contributed by atoms with Crippen molar-refractivity contribution in [2.24, 2.45) is 0 Å². The van der Waals surface area contributed by atoms with Gasteiger partial charge in [-0.1, -0.05) is 0 Å². The van der Waals surface area contributed by atoms with Crippen LogP contribution < -0.4 is 0 Å². The van der Waals surface area contributed by atoms with Gasteiger partial charge in [-0.2, -0.15) is 0 Å². The van der Waals surface area contributed by atoms with Crippen molar-refractivity contribution >= 4 is 0 Å². The number of hydrogen-bond donors (Lipinski definition) is 1. The molecular weight excluding hydrogens is 164 g/mol. The molecule has 0 spiro atoms. The van der Waals surface area contributed by atoms with E-state index in [-0.39, 0.29) is 6.10 Å². The fraction of sp³-hybridized carbons (Fsp3) is 1.00. The molecule has 1 aliphatic heterocycles. The minimum absolute atomic E-state index is 0.197. The van der Waals surface area contributed by atoms with E-state index in [4.69, 9.17) is 0 Å². The third-order valence-electron chi connectivity index (χ3n) is 2.93. The first-order valence-corrected chi connectivity index (χ1v) is 5.13. The molecule has 0 saturated carbocycles. The van der Waals surface area contributed by atoms with Gasteiger partial charge in [-0.05, 0) is 27.8 Å². The Hall–Kier alpha value is -0.120. The fourth-order valence-corrected chi connectivity index (χ4v) is 1.82. The SMILES string of the molecule is CC1CN(C(C)C)CC(O)CN1C. The lowest BCUT2D eigenvalue weighted by Crippen LogP contribution is -2.40. The van der Waals surface area contributed by atoms with Crippen molar-refractivity contribution in [3.63, 3.8) is 0 Å². The maximum atomic E-state index is 9.71. The van der Waals surface area contributed by atoms with Crippen molar-refractivity contribution in [1.29, 1.82) is 0 Å². The van der Waals surface area contributed by atoms with E-state index in [9.17, 15) is 5.11 Å². The van der Waals surface area contributed by atoms with Gasteiger partial charge in [0.15, 0.2) is 0 Å². The Morgan fingerprint density at radius 2 is 1.85 bits per heavy atom. The van der Waals surface area contributed by atoms with Crippen LogP contribution >= 0.6 is 0 Å². The van der Waals surface area contributed by atoms with E-state index in [2.05, 4.69) is 37.6 Å². The highest BCUT2D eigenvalue weighted by Gasteiger charge is 2.24. The summed E-state index contributed by atoms with van der Waals surface area (Å²) in [5.41, 5.74) is 0. The molecule has 1 N–H and O–H groups in total. The molecule has 2 unspecified atom stereocenters. The van der Waals surface area contributed by atoms with Crippen LogP contribution in [-0.2, 0) is 0 Å². The normalized spacial score (nSPS) is 33.7. The molecule has 0 radical (unpaired) electrons. The quantitative estimate of drug-likeness (QED) is 0.642. The van der Waals surface area contributed by atoms with E-state index in [0.717, 1.165) is 19.6 Å². The van der Waals surface area contributed by atoms with Gasteiger partial charge in [0.25, 0.3) is 0 Å². The Bertz CT molecular complexity index is 161. The van der Waals surface area contributed by atoms with Crippen molar-refractivity contribution in [2.45, 2.75) is 39.0 Å². The summed E-state index contributed by atoms with van der Waals surface area (Å²) in [6, 6.07) is 1.07. The summed E-state index contributed by atoms with van der Waals surface area (Å²) >= 11 is 0. The Labute approximate surface area is 81.3 Å². The van der Waals surface area contributed by atoms with Crippen LogP contribution in [0.4, 0.5) is 0 Å². The van der Waals surface area contributed by atoms with Crippen LogP contribution in [0, 0.1) is 0 Å². The highest BCUT2D eigenvalue weighted by molar-refractivity contribution is 4.80. The second-order valence-electron chi connectivity index (χ2n) is 4.49. The first kappa shape index (κ1) is 11.0. The van der Waals surface area contributed by atoms with E-state index < -0.39 is 0 Å². The molecule has 1 rings (SSSR count). The molecule has 13 heavy (non-hydrogen) atoms. The van der Waals surface area contributed by atoms with Crippen LogP contribution in [0.3, 0.4) is 0 Å². The van der Waals surface area contributed by atoms with Gasteiger partial charge in [-0.15, -0.1) is 0 Å². The highest BCUT2D eigenvalue weighted by Crippen LogP contribution is 2.10. The summed E-state index contributed by atoms with van der Waals surface area (Å²) in [5.74, 6) is 0. The molecule has 0 aromatic carbocycles. The highest BCUT2D eigenvalue weighted by atomic mass is 16.3. The molecule has 1 fully saturated rings. The number of β-amino-alcohol motifs (C(OH)–C–C–N with tert-alkyl or cyclic N) is 1. The third-order valence-corrected chi connectivity index (χ3v) is 2.93. The number of hydrogen-bond acceptors (Lipinski definition) is 3. The number of rotatable bonds is 1. The van der Waals surface area contributed by atoms with Crippen LogP contribution in [0.2, 0.25) is 0 Å². The van der Waals surface area contributed by atoms with Crippen LogP contribution in [0.25, 0.3) is 0 Å². The fourth-order valence-electron chi connectivity index (χ4n) is 1.82. The molecule has 0 bridgehead atoms. The Morgan fingerprint density at radius 1 is 1.23 bits per heavy atom. The molecule has 1 heterocycles. The molecule has 0 aromatic heterocycles. The number of likely N-dealkylation sites (N-methyl/N-ethyl adjacent to an activating group) is 1. The van der Waals surface area contributed by atoms with Gasteiger partial charge in [0, 0.05) is 31.7 Å². The van der Waals surface area contributed by atoms with Gasteiger partial charge < -0.3 is 5.11 Å². The third kappa shape index (κ3) is 2.93. The van der Waals surface area contributed by atoms with Crippen LogP contribution in [0.1, 0.15) is 20.8 Å². The van der Waals surface area contributed by atoms with Gasteiger partial charge >= 0.3 is 0 Å². The average Bonchev–Trinajstić information content (AvgIpc) is 2.12. The zero-order valence-electron chi connectivity index (χ0n) is 9.20. The predicted octanol–water partition coefficient (Wildman–Crippen LogP) is 0.392. The zero-order chi connectivity index (χ0) is 10.0. The summed E-state index contributed by atoms with van der Waals surface area (Å²) in [6.45, 7) is 9.25. The Kier molecular flexibility index (Phi) is 3.71. The summed E-state index contributed by atoms with van der Waals surface area (Å²) < 4.78 is 0. The van der Waals surface area contributed by atoms with Crippen LogP contribution in [0.5, 0.6) is 0 Å². The monoisotopic (exact) mass is 186 g/mol. The first-order valence-electron chi connectivity index (χ1n) is 5.13. The number of aliphatic hydroxyl groups excluding tert-OH is 1. The van der Waals surface area contributed by atoms with Crippen molar-refractivity contribution in [3.05, 3.63) is 0 Å². The number of nitrogens with zero attached hydrogens (tertiary/aromatic N) is 2. The Balaban J connectivity index is 2.59. The van der Waals surface area contributed by atoms with Gasteiger partial charge in [-0.25, -0.2) is 0 Å². The van der Waals surface area contributed by atoms with E-state index in [1.54, 1.807) is 0 Å². The molecule has 3 heteroatoms. The van der Waals surface area contributed by atoms with Gasteiger partial charge in [0.1, 0.15) is 0 Å². The molecule has 0 aromatic rings. The lowest BCUT2D eigenvalue weighted by molar-refractivity contribution is 0.104. The van der Waals surface area contributed by atoms with Gasteiger partial charge in [0.05, 0.1) is 6.10 Å². The molecule has 0 aliphatic carbocycles. The van der Waals surface area contributed by atoms with Crippen molar-refractivity contribution in [3.8, 4) is 0 Å². The molecule has 78 valence electrons. The van der Waals surface area contributed by atoms with Crippen molar-refractivity contribution in [1.82, 2.24) is 9.80 Å². The lowest BCUT2D eigenvalue weighted by atomic mass is 10.2. The van der Waals surface area contributed by atoms with Gasteiger partial charge in [-0.3, -0.25) is 9.80 Å². The zero-order valence-corrected chi connectivity index (χ0v) is 9.20. The first-order chi connectivity index (χ1) is 6.00. The lowest BCUT2D eigenvalue weighted by Gasteiger charge is -2.28. The summed E-state index contributed by atoms with van der Waals surface area (Å²) in [4.78, 5) is 4.58. The minimum Gasteiger partial charge on any atom is -0.390 e. The van der Waals surface area contributed by atoms with E-state index >= 15 is 0 Å². The smallest absolute Gasteiger partial charge is 0.0793 e. The largest absolute Gasteiger partial charge is 0.390 e. The summed E-state index contributed by atoms with van der Waals surface area (Å²) in [5, 5.41) is 9.71. The molecule has 1 aliphatic rings. The van der Waals surface area contributed by atoms with E-state index in [0.29, 0.717) is 12.1 Å². The predicted molar refractivity (Wildman–Crippen MR) is 54.8 cm³/mol. The van der Waals surface area contributed by atoms with E-state index in [1.165, 1.54) is 0 Å². The van der Waals surface area contributed by atoms with Crippen LogP contribution in [-0.4, -0.2) is 59.8 Å². The molecule has 2 atom stereocenters. The van der Waals surface area contributed by atoms with Crippen LogP contribution in [0.15, 0.2) is 0 Å². The molecule has 3 nitrogen and oxygen atoms in total. The maximum Gasteiger partial charge on any atom is 0.0793 e. The van der Waals surface area contributed by atoms with E-state index in [1.807, 2.05) is 0 Å². The second kappa shape index (κ2) is 4.40. The summed E-state index contributed by atoms with van der Waals surface area (Å²) in [7, 11) is 2.08. The Morgan fingerprint density at radius 3 is 2.38 bits per heavy atom. The van der Waals surface area contributed by atoms with Crippen molar-refractivity contribution in [2.75, 3.05) is 26.7 Å². The van der Waals surface area contributed by atoms with Crippen molar-refractivity contribution < 1.29 is 5.11 Å². The molecule has 1 saturated heterocycles. The minimum atomic E-state index is -0.197. The number of aliphatic hydroxyl groups is 1. The molecule has 0 amide bonds. The topological polar surface area (TPSA) is 26.7 Å². The average molecular weight is 186 g/mol. The summed E-state index contributed by atoms with van der Waals surface area (Å²) in [6.07, 6.45) is -0.197. The second-order valence-corrected chi connectivity index (χ2v) is 4.49. The maximum absolute atomic E-state index is 9.71. The van der Waals surface area contributed by atoms with Gasteiger partial charge in [0.2, 0.25) is 0 Å². The standard InChI is InChI=1S/C10H22N2O/c1-8(2)12-5-9(3)11(4)6-10(13)7-12/h8-10,13H,5-7H2,1-4H3. The molecular formula is C10H22N2O.